The van der Waals surface area contributed by atoms with Crippen LogP contribution in [0.4, 0.5) is 0 Å². The fourth-order valence-corrected chi connectivity index (χ4v) is 3.38. The predicted molar refractivity (Wildman–Crippen MR) is 96.2 cm³/mol. The van der Waals surface area contributed by atoms with E-state index in [1.807, 2.05) is 6.92 Å². The van der Waals surface area contributed by atoms with Gasteiger partial charge in [-0.05, 0) is 50.9 Å². The van der Waals surface area contributed by atoms with Crippen molar-refractivity contribution in [1.82, 2.24) is 5.32 Å². The lowest BCUT2D eigenvalue weighted by Gasteiger charge is -2.33. The van der Waals surface area contributed by atoms with E-state index >= 15 is 0 Å². The second-order valence-corrected chi connectivity index (χ2v) is 8.30. The minimum atomic E-state index is -0.238. The molecule has 3 heteroatoms. The SMILES string of the molecule is CCC(C)(C)C(=O)C1CCC(CNC(=O)C(C)(CC)CC)CC1. The van der Waals surface area contributed by atoms with Crippen molar-refractivity contribution in [3.05, 3.63) is 0 Å². The highest BCUT2D eigenvalue weighted by Gasteiger charge is 2.35. The number of hydrogen-bond donors (Lipinski definition) is 1. The molecule has 0 spiro atoms. The lowest BCUT2D eigenvalue weighted by atomic mass is 9.72. The lowest BCUT2D eigenvalue weighted by Crippen LogP contribution is -2.41. The summed E-state index contributed by atoms with van der Waals surface area (Å²) in [5.74, 6) is 1.39. The summed E-state index contributed by atoms with van der Waals surface area (Å²) in [5.41, 5.74) is -0.423. The number of rotatable bonds is 8. The van der Waals surface area contributed by atoms with Gasteiger partial charge in [-0.25, -0.2) is 0 Å². The number of Topliss-reactive ketones (excluding diaryl/α,β-unsaturated/α-hetero) is 1. The van der Waals surface area contributed by atoms with E-state index in [2.05, 4.69) is 39.9 Å². The van der Waals surface area contributed by atoms with Crippen molar-refractivity contribution >= 4 is 11.7 Å². The van der Waals surface area contributed by atoms with Gasteiger partial charge in [0, 0.05) is 23.3 Å². The third kappa shape index (κ3) is 5.06. The fourth-order valence-electron chi connectivity index (χ4n) is 3.38. The average molecular weight is 324 g/mol. The highest BCUT2D eigenvalue weighted by Crippen LogP contribution is 2.35. The Morgan fingerprint density at radius 2 is 1.43 bits per heavy atom. The molecule has 1 amide bonds. The molecule has 134 valence electrons. The van der Waals surface area contributed by atoms with Gasteiger partial charge in [0.25, 0.3) is 0 Å². The maximum Gasteiger partial charge on any atom is 0.225 e. The van der Waals surface area contributed by atoms with Gasteiger partial charge < -0.3 is 5.32 Å². The lowest BCUT2D eigenvalue weighted by molar-refractivity contribution is -0.133. The minimum Gasteiger partial charge on any atom is -0.355 e. The first-order chi connectivity index (χ1) is 10.7. The molecular formula is C20H37NO2. The standard InChI is InChI=1S/C20H37NO2/c1-7-19(4,5)17(22)16-12-10-15(11-13-16)14-21-18(23)20(6,8-2)9-3/h15-16H,7-14H2,1-6H3,(H,21,23). The van der Waals surface area contributed by atoms with Crippen molar-refractivity contribution in [2.45, 2.75) is 86.5 Å². The average Bonchev–Trinajstić information content (AvgIpc) is 2.58. The summed E-state index contributed by atoms with van der Waals surface area (Å²) in [6, 6.07) is 0. The molecule has 1 N–H and O–H groups in total. The first-order valence-corrected chi connectivity index (χ1v) is 9.52. The Morgan fingerprint density at radius 3 is 1.87 bits per heavy atom. The normalized spacial score (nSPS) is 22.7. The zero-order valence-electron chi connectivity index (χ0n) is 16.1. The Hall–Kier alpha value is -0.860. The van der Waals surface area contributed by atoms with Crippen LogP contribution in [-0.4, -0.2) is 18.2 Å². The summed E-state index contributed by atoms with van der Waals surface area (Å²) in [7, 11) is 0. The van der Waals surface area contributed by atoms with Crippen LogP contribution in [0, 0.1) is 22.7 Å². The molecular weight excluding hydrogens is 286 g/mol. The van der Waals surface area contributed by atoms with Gasteiger partial charge in [0.1, 0.15) is 5.78 Å². The molecule has 23 heavy (non-hydrogen) atoms. The van der Waals surface area contributed by atoms with Crippen LogP contribution in [0.25, 0.3) is 0 Å². The van der Waals surface area contributed by atoms with Crippen LogP contribution in [0.2, 0.25) is 0 Å². The Kier molecular flexibility index (Phi) is 7.29. The zero-order valence-corrected chi connectivity index (χ0v) is 16.1. The van der Waals surface area contributed by atoms with Crippen LogP contribution in [0.5, 0.6) is 0 Å². The molecule has 0 atom stereocenters. The molecule has 1 aliphatic rings. The van der Waals surface area contributed by atoms with Gasteiger partial charge in [-0.3, -0.25) is 9.59 Å². The zero-order chi connectivity index (χ0) is 17.7. The predicted octanol–water partition coefficient (Wildman–Crippen LogP) is 4.74. The smallest absolute Gasteiger partial charge is 0.225 e. The summed E-state index contributed by atoms with van der Waals surface area (Å²) in [6.45, 7) is 13.2. The molecule has 0 aromatic rings. The highest BCUT2D eigenvalue weighted by atomic mass is 16.2. The summed E-state index contributed by atoms with van der Waals surface area (Å²) in [4.78, 5) is 24.9. The van der Waals surface area contributed by atoms with E-state index in [4.69, 9.17) is 0 Å². The Labute approximate surface area is 143 Å². The van der Waals surface area contributed by atoms with Crippen LogP contribution in [0.1, 0.15) is 86.5 Å². The maximum atomic E-state index is 12.6. The number of nitrogens with one attached hydrogen (secondary N) is 1. The molecule has 1 saturated carbocycles. The molecule has 0 aromatic carbocycles. The first kappa shape index (κ1) is 20.2. The van der Waals surface area contributed by atoms with E-state index in [1.54, 1.807) is 0 Å². The van der Waals surface area contributed by atoms with Crippen molar-refractivity contribution in [2.24, 2.45) is 22.7 Å². The molecule has 0 heterocycles. The molecule has 1 rings (SSSR count). The highest BCUT2D eigenvalue weighted by molar-refractivity contribution is 5.86. The maximum absolute atomic E-state index is 12.6. The van der Waals surface area contributed by atoms with Crippen molar-refractivity contribution in [3.63, 3.8) is 0 Å². The second kappa shape index (κ2) is 8.30. The van der Waals surface area contributed by atoms with Crippen molar-refractivity contribution in [1.29, 1.82) is 0 Å². The van der Waals surface area contributed by atoms with E-state index < -0.39 is 0 Å². The van der Waals surface area contributed by atoms with Gasteiger partial charge in [0.05, 0.1) is 0 Å². The minimum absolute atomic E-state index is 0.185. The summed E-state index contributed by atoms with van der Waals surface area (Å²) in [5, 5.41) is 3.16. The van der Waals surface area contributed by atoms with E-state index in [-0.39, 0.29) is 22.7 Å². The molecule has 0 aromatic heterocycles. The number of amides is 1. The summed E-state index contributed by atoms with van der Waals surface area (Å²) >= 11 is 0. The molecule has 0 radical (unpaired) electrons. The first-order valence-electron chi connectivity index (χ1n) is 9.52. The van der Waals surface area contributed by atoms with Gasteiger partial charge in [0.2, 0.25) is 5.91 Å². The van der Waals surface area contributed by atoms with E-state index in [1.165, 1.54) is 0 Å². The van der Waals surface area contributed by atoms with Crippen LogP contribution >= 0.6 is 0 Å². The van der Waals surface area contributed by atoms with Crippen molar-refractivity contribution < 1.29 is 9.59 Å². The Bertz CT molecular complexity index is 402. The van der Waals surface area contributed by atoms with Gasteiger partial charge in [0.15, 0.2) is 0 Å². The van der Waals surface area contributed by atoms with E-state index in [9.17, 15) is 9.59 Å². The quantitative estimate of drug-likeness (QED) is 0.701. The number of carbonyl (C=O) groups excluding carboxylic acids is 2. The molecule has 0 aliphatic heterocycles. The van der Waals surface area contributed by atoms with Gasteiger partial charge in [-0.2, -0.15) is 0 Å². The molecule has 0 unspecified atom stereocenters. The summed E-state index contributed by atoms with van der Waals surface area (Å²) < 4.78 is 0. The van der Waals surface area contributed by atoms with Crippen LogP contribution in [0.15, 0.2) is 0 Å². The second-order valence-electron chi connectivity index (χ2n) is 8.30. The summed E-state index contributed by atoms with van der Waals surface area (Å²) in [6.07, 6.45) is 6.76. The van der Waals surface area contributed by atoms with Crippen LogP contribution in [-0.2, 0) is 9.59 Å². The molecule has 0 bridgehead atoms. The van der Waals surface area contributed by atoms with E-state index in [0.29, 0.717) is 11.7 Å². The fraction of sp³-hybridized carbons (Fsp3) is 0.900. The van der Waals surface area contributed by atoms with Crippen molar-refractivity contribution in [3.8, 4) is 0 Å². The number of hydrogen-bond acceptors (Lipinski definition) is 2. The molecule has 0 saturated heterocycles. The van der Waals surface area contributed by atoms with Crippen molar-refractivity contribution in [2.75, 3.05) is 6.54 Å². The van der Waals surface area contributed by atoms with Gasteiger partial charge >= 0.3 is 0 Å². The third-order valence-electron chi connectivity index (χ3n) is 6.43. The topological polar surface area (TPSA) is 46.2 Å². The molecule has 1 fully saturated rings. The van der Waals surface area contributed by atoms with Crippen LogP contribution in [0.3, 0.4) is 0 Å². The monoisotopic (exact) mass is 323 g/mol. The van der Waals surface area contributed by atoms with Crippen LogP contribution < -0.4 is 5.32 Å². The largest absolute Gasteiger partial charge is 0.355 e. The molecule has 3 nitrogen and oxygen atoms in total. The Morgan fingerprint density at radius 1 is 0.913 bits per heavy atom. The van der Waals surface area contributed by atoms with E-state index in [0.717, 1.165) is 51.5 Å². The third-order valence-corrected chi connectivity index (χ3v) is 6.43. The number of carbonyl (C=O) groups is 2. The Balaban J connectivity index is 2.43. The van der Waals surface area contributed by atoms with Gasteiger partial charge in [-0.1, -0.05) is 41.5 Å². The van der Waals surface area contributed by atoms with Gasteiger partial charge in [-0.15, -0.1) is 0 Å². The molecule has 1 aliphatic carbocycles. The number of ketones is 1.